The van der Waals surface area contributed by atoms with Crippen LogP contribution in [0, 0.1) is 10.1 Å². The van der Waals surface area contributed by atoms with Gasteiger partial charge in [0.15, 0.2) is 0 Å². The van der Waals surface area contributed by atoms with Gasteiger partial charge in [-0.25, -0.2) is 0 Å². The molecule has 7 nitrogen and oxygen atoms in total. The Morgan fingerprint density at radius 3 is 2.63 bits per heavy atom. The van der Waals surface area contributed by atoms with Crippen LogP contribution in [-0.2, 0) is 16.1 Å². The quantitative estimate of drug-likeness (QED) is 0.438. The van der Waals surface area contributed by atoms with E-state index in [0.29, 0.717) is 17.9 Å². The molecule has 104 valence electrons. The average molecular weight is 268 g/mol. The summed E-state index contributed by atoms with van der Waals surface area (Å²) in [5.74, 6) is 0.175. The molecule has 0 aliphatic heterocycles. The number of hydrogen-bond acceptors (Lipinski definition) is 6. The van der Waals surface area contributed by atoms with Crippen molar-refractivity contribution in [2.45, 2.75) is 6.54 Å². The van der Waals surface area contributed by atoms with E-state index < -0.39 is 4.92 Å². The first kappa shape index (κ1) is 14.9. The maximum atomic E-state index is 11.1. The number of non-ortho nitro benzene ring substituents is 1. The van der Waals surface area contributed by atoms with Crippen LogP contribution in [0.15, 0.2) is 18.2 Å². The topological polar surface area (TPSA) is 81.9 Å². The monoisotopic (exact) mass is 268 g/mol. The first-order chi connectivity index (χ1) is 8.97. The fourth-order valence-corrected chi connectivity index (χ4v) is 1.63. The molecular weight excluding hydrogens is 252 g/mol. The summed E-state index contributed by atoms with van der Waals surface area (Å²) in [5.41, 5.74) is 0.630. The minimum absolute atomic E-state index is 0.0118. The Morgan fingerprint density at radius 2 is 2.11 bits per heavy atom. The van der Waals surface area contributed by atoms with E-state index in [1.165, 1.54) is 26.4 Å². The number of hydrogen-bond donors (Lipinski definition) is 0. The van der Waals surface area contributed by atoms with E-state index in [2.05, 4.69) is 4.74 Å². The van der Waals surface area contributed by atoms with Crippen LogP contribution in [0.5, 0.6) is 5.75 Å². The molecule has 0 bridgehead atoms. The molecule has 0 aliphatic rings. The Bertz CT molecular complexity index is 475. The highest BCUT2D eigenvalue weighted by Crippen LogP contribution is 2.24. The fraction of sp³-hybridized carbons (Fsp3) is 0.417. The van der Waals surface area contributed by atoms with Gasteiger partial charge in [-0.15, -0.1) is 0 Å². The van der Waals surface area contributed by atoms with Gasteiger partial charge in [-0.3, -0.25) is 19.8 Å². The van der Waals surface area contributed by atoms with Crippen molar-refractivity contribution in [3.05, 3.63) is 33.9 Å². The molecule has 0 N–H and O–H groups in total. The molecular formula is C12H16N2O5. The van der Waals surface area contributed by atoms with Gasteiger partial charge < -0.3 is 9.47 Å². The third kappa shape index (κ3) is 4.22. The van der Waals surface area contributed by atoms with E-state index >= 15 is 0 Å². The predicted octanol–water partition coefficient (Wildman–Crippen LogP) is 1.21. The number of methoxy groups -OCH3 is 2. The van der Waals surface area contributed by atoms with Gasteiger partial charge in [0.25, 0.3) is 5.69 Å². The molecule has 1 aromatic carbocycles. The second kappa shape index (κ2) is 6.69. The summed E-state index contributed by atoms with van der Waals surface area (Å²) in [5, 5.41) is 10.7. The van der Waals surface area contributed by atoms with Crippen LogP contribution in [0.2, 0.25) is 0 Å². The van der Waals surface area contributed by atoms with Crippen molar-refractivity contribution in [1.82, 2.24) is 4.90 Å². The molecule has 19 heavy (non-hydrogen) atoms. The number of esters is 1. The highest BCUT2D eigenvalue weighted by Gasteiger charge is 2.14. The standard InChI is InChI=1S/C12H16N2O5/c1-13(8-12(15)19-3)7-9-6-10(14(16)17)4-5-11(9)18-2/h4-6H,7-8H2,1-3H3. The van der Waals surface area contributed by atoms with Crippen molar-refractivity contribution in [3.8, 4) is 5.75 Å². The molecule has 0 aliphatic carbocycles. The highest BCUT2D eigenvalue weighted by atomic mass is 16.6. The molecule has 0 radical (unpaired) electrons. The van der Waals surface area contributed by atoms with Crippen molar-refractivity contribution in [1.29, 1.82) is 0 Å². The van der Waals surface area contributed by atoms with Gasteiger partial charge >= 0.3 is 5.97 Å². The summed E-state index contributed by atoms with van der Waals surface area (Å²) in [6.45, 7) is 0.447. The van der Waals surface area contributed by atoms with E-state index in [1.54, 1.807) is 18.0 Å². The molecule has 0 aromatic heterocycles. The molecule has 7 heteroatoms. The van der Waals surface area contributed by atoms with Crippen LogP contribution in [0.4, 0.5) is 5.69 Å². The van der Waals surface area contributed by atoms with Crippen molar-refractivity contribution in [2.75, 3.05) is 27.8 Å². The first-order valence-electron chi connectivity index (χ1n) is 5.54. The third-order valence-electron chi connectivity index (χ3n) is 2.54. The summed E-state index contributed by atoms with van der Waals surface area (Å²) in [6.07, 6.45) is 0. The molecule has 0 spiro atoms. The van der Waals surface area contributed by atoms with Gasteiger partial charge in [0.1, 0.15) is 5.75 Å². The van der Waals surface area contributed by atoms with Crippen LogP contribution < -0.4 is 4.74 Å². The number of ether oxygens (including phenoxy) is 2. The van der Waals surface area contributed by atoms with E-state index in [9.17, 15) is 14.9 Å². The largest absolute Gasteiger partial charge is 0.496 e. The predicted molar refractivity (Wildman–Crippen MR) is 68.0 cm³/mol. The molecule has 0 fully saturated rings. The average Bonchev–Trinajstić information content (AvgIpc) is 2.38. The van der Waals surface area contributed by atoms with Crippen molar-refractivity contribution >= 4 is 11.7 Å². The third-order valence-corrected chi connectivity index (χ3v) is 2.54. The Balaban J connectivity index is 2.88. The van der Waals surface area contributed by atoms with E-state index in [-0.39, 0.29) is 18.2 Å². The van der Waals surface area contributed by atoms with Crippen molar-refractivity contribution in [3.63, 3.8) is 0 Å². The molecule has 0 heterocycles. The fourth-order valence-electron chi connectivity index (χ4n) is 1.63. The second-order valence-corrected chi connectivity index (χ2v) is 4.00. The number of carbonyl (C=O) groups is 1. The highest BCUT2D eigenvalue weighted by molar-refractivity contribution is 5.71. The molecule has 1 aromatic rings. The van der Waals surface area contributed by atoms with Crippen LogP contribution >= 0.6 is 0 Å². The minimum Gasteiger partial charge on any atom is -0.496 e. The van der Waals surface area contributed by atoms with E-state index in [1.807, 2.05) is 0 Å². The Hall–Kier alpha value is -2.15. The zero-order valence-corrected chi connectivity index (χ0v) is 11.1. The summed E-state index contributed by atoms with van der Waals surface area (Å²) in [6, 6.07) is 4.36. The van der Waals surface area contributed by atoms with Gasteiger partial charge in [0.2, 0.25) is 0 Å². The SMILES string of the molecule is COC(=O)CN(C)Cc1cc([N+](=O)[O-])ccc1OC. The molecule has 1 rings (SSSR count). The zero-order valence-electron chi connectivity index (χ0n) is 11.1. The van der Waals surface area contributed by atoms with E-state index in [4.69, 9.17) is 4.74 Å². The normalized spacial score (nSPS) is 10.3. The van der Waals surface area contributed by atoms with Crippen LogP contribution in [0.1, 0.15) is 5.56 Å². The lowest BCUT2D eigenvalue weighted by Gasteiger charge is -2.16. The molecule has 0 saturated heterocycles. The van der Waals surface area contributed by atoms with Gasteiger partial charge in [-0.05, 0) is 13.1 Å². The number of nitrogens with zero attached hydrogens (tertiary/aromatic N) is 2. The van der Waals surface area contributed by atoms with Crippen LogP contribution in [0.25, 0.3) is 0 Å². The van der Waals surface area contributed by atoms with Gasteiger partial charge in [-0.2, -0.15) is 0 Å². The molecule has 0 amide bonds. The zero-order chi connectivity index (χ0) is 14.4. The maximum Gasteiger partial charge on any atom is 0.319 e. The maximum absolute atomic E-state index is 11.1. The summed E-state index contributed by atoms with van der Waals surface area (Å²) in [4.78, 5) is 23.1. The number of nitro groups is 1. The number of nitro benzene ring substituents is 1. The number of benzene rings is 1. The Kier molecular flexibility index (Phi) is 5.25. The first-order valence-corrected chi connectivity index (χ1v) is 5.54. The summed E-state index contributed by atoms with van der Waals surface area (Å²) < 4.78 is 9.70. The lowest BCUT2D eigenvalue weighted by Crippen LogP contribution is -2.26. The number of rotatable bonds is 6. The van der Waals surface area contributed by atoms with Crippen molar-refractivity contribution < 1.29 is 19.2 Å². The van der Waals surface area contributed by atoms with Crippen LogP contribution in [-0.4, -0.2) is 43.6 Å². The number of likely N-dealkylation sites (N-methyl/N-ethyl adjacent to an activating group) is 1. The van der Waals surface area contributed by atoms with Gasteiger partial charge in [-0.1, -0.05) is 0 Å². The Labute approximate surface area is 110 Å². The smallest absolute Gasteiger partial charge is 0.319 e. The molecule has 0 unspecified atom stereocenters. The van der Waals surface area contributed by atoms with Crippen molar-refractivity contribution in [2.24, 2.45) is 0 Å². The van der Waals surface area contributed by atoms with E-state index in [0.717, 1.165) is 0 Å². The van der Waals surface area contributed by atoms with Gasteiger partial charge in [0.05, 0.1) is 25.7 Å². The minimum atomic E-state index is -0.469. The lowest BCUT2D eigenvalue weighted by molar-refractivity contribution is -0.384. The molecule has 0 saturated carbocycles. The Morgan fingerprint density at radius 1 is 1.42 bits per heavy atom. The lowest BCUT2D eigenvalue weighted by atomic mass is 10.1. The van der Waals surface area contributed by atoms with Crippen LogP contribution in [0.3, 0.4) is 0 Å². The molecule has 0 atom stereocenters. The second-order valence-electron chi connectivity index (χ2n) is 4.00. The van der Waals surface area contributed by atoms with Gasteiger partial charge in [0, 0.05) is 24.2 Å². The summed E-state index contributed by atoms with van der Waals surface area (Å²) >= 11 is 0. The number of carbonyl (C=O) groups excluding carboxylic acids is 1. The summed E-state index contributed by atoms with van der Waals surface area (Å²) in [7, 11) is 4.52.